The number of unbranched alkanes of at least 4 members (excludes halogenated alkanes) is 5. The first kappa shape index (κ1) is 20.2. The van der Waals surface area contributed by atoms with Crippen molar-refractivity contribution in [3.05, 3.63) is 34.9 Å². The molecular weight excluding hydrogens is 304 g/mol. The van der Waals surface area contributed by atoms with E-state index < -0.39 is 0 Å². The van der Waals surface area contributed by atoms with Gasteiger partial charge in [0.2, 0.25) is 0 Å². The van der Waals surface area contributed by atoms with Crippen LogP contribution in [-0.4, -0.2) is 6.29 Å². The first-order chi connectivity index (χ1) is 11.8. The Morgan fingerprint density at radius 2 is 1.52 bits per heavy atom. The molecule has 25 heavy (non-hydrogen) atoms. The highest BCUT2D eigenvalue weighted by atomic mass is 16.1. The zero-order chi connectivity index (χ0) is 18.5. The molecule has 1 aliphatic carbocycles. The van der Waals surface area contributed by atoms with Crippen LogP contribution in [0.2, 0.25) is 0 Å². The number of hydrogen-bond acceptors (Lipinski definition) is 1. The van der Waals surface area contributed by atoms with Crippen LogP contribution >= 0.6 is 0 Å². The summed E-state index contributed by atoms with van der Waals surface area (Å²) >= 11 is 0. The molecule has 0 amide bonds. The van der Waals surface area contributed by atoms with Crippen molar-refractivity contribution < 1.29 is 4.79 Å². The highest BCUT2D eigenvalue weighted by molar-refractivity contribution is 5.63. The Hall–Kier alpha value is -1.11. The van der Waals surface area contributed by atoms with Crippen molar-refractivity contribution in [2.75, 3.05) is 0 Å². The van der Waals surface area contributed by atoms with Gasteiger partial charge in [0.25, 0.3) is 0 Å². The topological polar surface area (TPSA) is 17.1 Å². The van der Waals surface area contributed by atoms with Gasteiger partial charge in [-0.3, -0.25) is 0 Å². The van der Waals surface area contributed by atoms with E-state index in [0.717, 1.165) is 6.42 Å². The summed E-state index contributed by atoms with van der Waals surface area (Å²) in [4.78, 5) is 11.7. The van der Waals surface area contributed by atoms with E-state index in [2.05, 4.69) is 52.8 Å². The van der Waals surface area contributed by atoms with E-state index in [4.69, 9.17) is 0 Å². The lowest BCUT2D eigenvalue weighted by molar-refractivity contribution is -0.109. The Kier molecular flexibility index (Phi) is 6.88. The van der Waals surface area contributed by atoms with Crippen molar-refractivity contribution in [1.82, 2.24) is 0 Å². The summed E-state index contributed by atoms with van der Waals surface area (Å²) in [5.74, 6) is 0.0670. The molecule has 0 N–H and O–H groups in total. The summed E-state index contributed by atoms with van der Waals surface area (Å²) in [6.45, 7) is 11.7. The SMILES string of the molecule is CCCCCCCCC(C=O)c1ccc2c(c1)C(C)(C)CCC2(C)C. The average molecular weight is 343 g/mol. The molecule has 0 heterocycles. The number of fused-ring (bicyclic) bond motifs is 1. The van der Waals surface area contributed by atoms with Crippen molar-refractivity contribution >= 4 is 6.29 Å². The third-order valence-corrected chi connectivity index (χ3v) is 6.34. The molecule has 0 spiro atoms. The summed E-state index contributed by atoms with van der Waals surface area (Å²) in [6.07, 6.45) is 12.3. The monoisotopic (exact) mass is 342 g/mol. The maximum Gasteiger partial charge on any atom is 0.127 e. The third kappa shape index (κ3) is 4.96. The molecule has 1 aromatic rings. The molecule has 0 bridgehead atoms. The summed E-state index contributed by atoms with van der Waals surface area (Å²) in [5, 5.41) is 0. The van der Waals surface area contributed by atoms with Crippen LogP contribution in [-0.2, 0) is 15.6 Å². The molecule has 1 nitrogen and oxygen atoms in total. The van der Waals surface area contributed by atoms with Gasteiger partial charge in [-0.05, 0) is 46.8 Å². The fourth-order valence-electron chi connectivity index (χ4n) is 4.29. The van der Waals surface area contributed by atoms with Crippen LogP contribution in [0.15, 0.2) is 18.2 Å². The Morgan fingerprint density at radius 3 is 2.16 bits per heavy atom. The van der Waals surface area contributed by atoms with E-state index in [0.29, 0.717) is 0 Å². The molecule has 0 aromatic heterocycles. The van der Waals surface area contributed by atoms with Crippen molar-refractivity contribution in [3.63, 3.8) is 0 Å². The van der Waals surface area contributed by atoms with E-state index in [9.17, 15) is 4.79 Å². The van der Waals surface area contributed by atoms with Crippen LogP contribution < -0.4 is 0 Å². The standard InChI is InChI=1S/C24H38O/c1-6-7-8-9-10-11-12-20(18-25)19-13-14-21-22(17-19)24(4,5)16-15-23(21,2)3/h13-14,17-18,20H,6-12,15-16H2,1-5H3. The second kappa shape index (κ2) is 8.52. The fourth-order valence-corrected chi connectivity index (χ4v) is 4.29. The van der Waals surface area contributed by atoms with Gasteiger partial charge >= 0.3 is 0 Å². The lowest BCUT2D eigenvalue weighted by Gasteiger charge is -2.42. The fraction of sp³-hybridized carbons (Fsp3) is 0.708. The first-order valence-corrected chi connectivity index (χ1v) is 10.4. The highest BCUT2D eigenvalue weighted by Gasteiger charge is 2.37. The number of carbonyl (C=O) groups is 1. The van der Waals surface area contributed by atoms with E-state index in [1.807, 2.05) is 0 Å². The van der Waals surface area contributed by atoms with Gasteiger partial charge in [-0.1, -0.05) is 91.3 Å². The van der Waals surface area contributed by atoms with Crippen molar-refractivity contribution in [3.8, 4) is 0 Å². The number of rotatable bonds is 9. The highest BCUT2D eigenvalue weighted by Crippen LogP contribution is 2.46. The zero-order valence-electron chi connectivity index (χ0n) is 17.2. The molecule has 1 aromatic carbocycles. The molecule has 0 saturated heterocycles. The van der Waals surface area contributed by atoms with Crippen LogP contribution in [0.4, 0.5) is 0 Å². The second-order valence-electron chi connectivity index (χ2n) is 9.37. The van der Waals surface area contributed by atoms with Crippen molar-refractivity contribution in [1.29, 1.82) is 0 Å². The van der Waals surface area contributed by atoms with Crippen LogP contribution in [0.5, 0.6) is 0 Å². The maximum absolute atomic E-state index is 11.7. The van der Waals surface area contributed by atoms with E-state index >= 15 is 0 Å². The molecule has 0 fully saturated rings. The van der Waals surface area contributed by atoms with E-state index in [1.165, 1.54) is 74.3 Å². The molecule has 0 radical (unpaired) electrons. The molecule has 0 saturated carbocycles. The summed E-state index contributed by atoms with van der Waals surface area (Å²) in [7, 11) is 0. The predicted octanol–water partition coefficient (Wildman–Crippen LogP) is 7.07. The average Bonchev–Trinajstić information content (AvgIpc) is 2.58. The minimum absolute atomic E-state index is 0.0670. The molecular formula is C24H38O. The zero-order valence-corrected chi connectivity index (χ0v) is 17.2. The molecule has 1 aliphatic rings. The maximum atomic E-state index is 11.7. The quantitative estimate of drug-likeness (QED) is 0.346. The largest absolute Gasteiger partial charge is 0.303 e. The smallest absolute Gasteiger partial charge is 0.127 e. The summed E-state index contributed by atoms with van der Waals surface area (Å²) < 4.78 is 0. The normalized spacial score (nSPS) is 19.2. The Labute approximate surface area is 155 Å². The van der Waals surface area contributed by atoms with Crippen LogP contribution in [0.25, 0.3) is 0 Å². The van der Waals surface area contributed by atoms with Gasteiger partial charge in [-0.25, -0.2) is 0 Å². The summed E-state index contributed by atoms with van der Waals surface area (Å²) in [5.41, 5.74) is 4.65. The third-order valence-electron chi connectivity index (χ3n) is 6.34. The molecule has 140 valence electrons. The van der Waals surface area contributed by atoms with Crippen LogP contribution in [0, 0.1) is 0 Å². The van der Waals surface area contributed by atoms with E-state index in [1.54, 1.807) is 0 Å². The lowest BCUT2D eigenvalue weighted by Crippen LogP contribution is -2.34. The number of aldehydes is 1. The Bertz CT molecular complexity index is 567. The van der Waals surface area contributed by atoms with Gasteiger partial charge < -0.3 is 4.79 Å². The molecule has 1 unspecified atom stereocenters. The minimum Gasteiger partial charge on any atom is -0.303 e. The molecule has 1 atom stereocenters. The number of carbonyl (C=O) groups excluding carboxylic acids is 1. The Morgan fingerprint density at radius 1 is 0.920 bits per heavy atom. The van der Waals surface area contributed by atoms with E-state index in [-0.39, 0.29) is 16.7 Å². The van der Waals surface area contributed by atoms with Crippen molar-refractivity contribution in [2.45, 2.75) is 109 Å². The lowest BCUT2D eigenvalue weighted by atomic mass is 9.62. The molecule has 0 aliphatic heterocycles. The number of benzene rings is 1. The Balaban J connectivity index is 2.09. The van der Waals surface area contributed by atoms with Gasteiger partial charge in [0.15, 0.2) is 0 Å². The van der Waals surface area contributed by atoms with Crippen LogP contribution in [0.3, 0.4) is 0 Å². The minimum atomic E-state index is 0.0670. The van der Waals surface area contributed by atoms with Gasteiger partial charge in [0, 0.05) is 5.92 Å². The van der Waals surface area contributed by atoms with Gasteiger partial charge in [-0.15, -0.1) is 0 Å². The van der Waals surface area contributed by atoms with Gasteiger partial charge in [0.05, 0.1) is 0 Å². The van der Waals surface area contributed by atoms with Gasteiger partial charge in [0.1, 0.15) is 6.29 Å². The molecule has 1 heteroatoms. The predicted molar refractivity (Wildman–Crippen MR) is 109 cm³/mol. The van der Waals surface area contributed by atoms with Crippen LogP contribution in [0.1, 0.15) is 115 Å². The first-order valence-electron chi connectivity index (χ1n) is 10.4. The van der Waals surface area contributed by atoms with Gasteiger partial charge in [-0.2, -0.15) is 0 Å². The number of hydrogen-bond donors (Lipinski definition) is 0. The summed E-state index contributed by atoms with van der Waals surface area (Å²) in [6, 6.07) is 6.88. The van der Waals surface area contributed by atoms with Crippen molar-refractivity contribution in [2.24, 2.45) is 0 Å². The molecule has 2 rings (SSSR count). The second-order valence-corrected chi connectivity index (χ2v) is 9.37.